The summed E-state index contributed by atoms with van der Waals surface area (Å²) in [7, 11) is 1.24. The fraction of sp³-hybridized carbons (Fsp3) is 0.690. The molecular formula is C42H67N5O9. The molecule has 4 amide bonds. The highest BCUT2D eigenvalue weighted by Gasteiger charge is 2.46. The van der Waals surface area contributed by atoms with Gasteiger partial charge in [-0.05, 0) is 98.5 Å². The maximum atomic E-state index is 14.3. The number of likely N-dealkylation sites (tertiary alicyclic amines) is 1. The normalized spacial score (nSPS) is 20.2. The molecule has 2 fully saturated rings. The van der Waals surface area contributed by atoms with Crippen LogP contribution in [0.3, 0.4) is 0 Å². The standard InChI is InChI=1S/C42H67N5O9/c1-28(2)24-31(44-39(52)56-40(3,4)5)21-20-30(25-29-16-12-11-13-17-29)36(49)46-23-15-19-34(46)35(48)45-33(37(50)54-10)18-14-22-43-38(51)55-32-26-41(6,7)47(53)42(8,9)27-32/h11-13,16-17,20-21,28,30-34,53H,14-15,18-19,22-27H2,1-10H3,(H,43,51)(H,44,52)(H,45,48)/b21-20+/t30?,31?,33?,34-/m0/s1. The van der Waals surface area contributed by atoms with Gasteiger partial charge >= 0.3 is 18.2 Å². The molecule has 0 radical (unpaired) electrons. The number of hydrogen-bond acceptors (Lipinski definition) is 10. The van der Waals surface area contributed by atoms with Gasteiger partial charge in [-0.25, -0.2) is 14.4 Å². The molecule has 56 heavy (non-hydrogen) atoms. The fourth-order valence-corrected chi connectivity index (χ4v) is 7.65. The Hall–Kier alpha value is -4.17. The van der Waals surface area contributed by atoms with Gasteiger partial charge < -0.3 is 40.3 Å². The Kier molecular flexibility index (Phi) is 16.8. The van der Waals surface area contributed by atoms with Crippen LogP contribution in [-0.4, -0.2) is 106 Å². The van der Waals surface area contributed by atoms with Gasteiger partial charge in [-0.2, -0.15) is 5.06 Å². The number of nitrogens with one attached hydrogen (secondary N) is 3. The minimum absolute atomic E-state index is 0.184. The number of benzene rings is 1. The summed E-state index contributed by atoms with van der Waals surface area (Å²) in [4.78, 5) is 67.8. The van der Waals surface area contributed by atoms with Crippen molar-refractivity contribution in [2.45, 2.75) is 155 Å². The number of amides is 4. The number of nitrogens with zero attached hydrogens (tertiary/aromatic N) is 2. The van der Waals surface area contributed by atoms with E-state index in [1.54, 1.807) is 25.7 Å². The topological polar surface area (TPSA) is 176 Å². The Labute approximate surface area is 333 Å². The van der Waals surface area contributed by atoms with E-state index >= 15 is 0 Å². The van der Waals surface area contributed by atoms with Gasteiger partial charge in [0.15, 0.2) is 0 Å². The predicted octanol–water partition coefficient (Wildman–Crippen LogP) is 5.91. The maximum Gasteiger partial charge on any atom is 0.408 e. The molecule has 0 aromatic heterocycles. The van der Waals surface area contributed by atoms with Crippen LogP contribution in [0.15, 0.2) is 42.5 Å². The van der Waals surface area contributed by atoms with E-state index < -0.39 is 58.7 Å². The Morgan fingerprint density at radius 2 is 1.61 bits per heavy atom. The summed E-state index contributed by atoms with van der Waals surface area (Å²) in [5.74, 6) is -1.69. The molecular weight excluding hydrogens is 718 g/mol. The zero-order chi connectivity index (χ0) is 41.8. The third-order valence-corrected chi connectivity index (χ3v) is 10.1. The van der Waals surface area contributed by atoms with E-state index in [-0.39, 0.29) is 36.9 Å². The van der Waals surface area contributed by atoms with Gasteiger partial charge in [-0.3, -0.25) is 9.59 Å². The van der Waals surface area contributed by atoms with Crippen molar-refractivity contribution >= 4 is 30.0 Å². The highest BCUT2D eigenvalue weighted by atomic mass is 16.6. The maximum absolute atomic E-state index is 14.3. The van der Waals surface area contributed by atoms with Crippen LogP contribution in [0.25, 0.3) is 0 Å². The summed E-state index contributed by atoms with van der Waals surface area (Å²) in [5, 5.41) is 20.3. The molecule has 2 saturated heterocycles. The highest BCUT2D eigenvalue weighted by Crippen LogP contribution is 2.38. The largest absolute Gasteiger partial charge is 0.467 e. The molecule has 2 heterocycles. The average Bonchev–Trinajstić information content (AvgIpc) is 3.59. The monoisotopic (exact) mass is 785 g/mol. The van der Waals surface area contributed by atoms with Crippen molar-refractivity contribution in [3.63, 3.8) is 0 Å². The highest BCUT2D eigenvalue weighted by molar-refractivity contribution is 5.92. The van der Waals surface area contributed by atoms with Crippen molar-refractivity contribution in [1.29, 1.82) is 0 Å². The van der Waals surface area contributed by atoms with Gasteiger partial charge in [0.25, 0.3) is 0 Å². The van der Waals surface area contributed by atoms with Crippen LogP contribution >= 0.6 is 0 Å². The first kappa shape index (κ1) is 46.2. The minimum atomic E-state index is -0.992. The number of hydroxylamine groups is 2. The third-order valence-electron chi connectivity index (χ3n) is 10.1. The Morgan fingerprint density at radius 1 is 0.964 bits per heavy atom. The number of piperidine rings is 1. The van der Waals surface area contributed by atoms with Gasteiger partial charge in [0, 0.05) is 37.0 Å². The molecule has 1 aromatic carbocycles. The van der Waals surface area contributed by atoms with Crippen LogP contribution in [0.4, 0.5) is 9.59 Å². The number of methoxy groups -OCH3 is 1. The van der Waals surface area contributed by atoms with Crippen molar-refractivity contribution in [1.82, 2.24) is 25.9 Å². The van der Waals surface area contributed by atoms with Crippen LogP contribution in [0.2, 0.25) is 0 Å². The lowest BCUT2D eigenvalue weighted by atomic mass is 9.80. The van der Waals surface area contributed by atoms with Crippen LogP contribution in [0, 0.1) is 11.8 Å². The molecule has 0 spiro atoms. The summed E-state index contributed by atoms with van der Waals surface area (Å²) in [6, 6.07) is 7.45. The van der Waals surface area contributed by atoms with Crippen molar-refractivity contribution in [2.24, 2.45) is 11.8 Å². The van der Waals surface area contributed by atoms with Crippen LogP contribution < -0.4 is 16.0 Å². The third kappa shape index (κ3) is 14.4. The minimum Gasteiger partial charge on any atom is -0.467 e. The zero-order valence-electron chi connectivity index (χ0n) is 35.2. The lowest BCUT2D eigenvalue weighted by Crippen LogP contribution is -2.60. The first-order chi connectivity index (χ1) is 26.1. The van der Waals surface area contributed by atoms with E-state index in [1.807, 2.05) is 70.2 Å². The van der Waals surface area contributed by atoms with Gasteiger partial charge in [-0.1, -0.05) is 56.3 Å². The zero-order valence-corrected chi connectivity index (χ0v) is 35.2. The van der Waals surface area contributed by atoms with E-state index in [0.29, 0.717) is 51.5 Å². The molecule has 314 valence electrons. The number of carbonyl (C=O) groups is 5. The smallest absolute Gasteiger partial charge is 0.408 e. The van der Waals surface area contributed by atoms with E-state index in [1.165, 1.54) is 12.2 Å². The number of rotatable bonds is 16. The Balaban J connectivity index is 1.67. The average molecular weight is 786 g/mol. The molecule has 2 aliphatic heterocycles. The van der Waals surface area contributed by atoms with Crippen molar-refractivity contribution in [2.75, 3.05) is 20.2 Å². The second-order valence-corrected chi connectivity index (χ2v) is 17.8. The number of carbonyl (C=O) groups excluding carboxylic acids is 5. The molecule has 0 bridgehead atoms. The molecule has 3 rings (SSSR count). The van der Waals surface area contributed by atoms with E-state index in [0.717, 1.165) is 5.56 Å². The molecule has 14 nitrogen and oxygen atoms in total. The second-order valence-electron chi connectivity index (χ2n) is 17.8. The molecule has 3 unspecified atom stereocenters. The summed E-state index contributed by atoms with van der Waals surface area (Å²) < 4.78 is 16.2. The number of alkyl carbamates (subject to hydrolysis) is 2. The molecule has 4 atom stereocenters. The second kappa shape index (κ2) is 20.3. The van der Waals surface area contributed by atoms with Gasteiger partial charge in [0.1, 0.15) is 23.8 Å². The molecule has 0 saturated carbocycles. The van der Waals surface area contributed by atoms with Gasteiger partial charge in [0.05, 0.1) is 19.1 Å². The molecule has 4 N–H and O–H groups in total. The van der Waals surface area contributed by atoms with Crippen LogP contribution in [0.1, 0.15) is 113 Å². The summed E-state index contributed by atoms with van der Waals surface area (Å²) >= 11 is 0. The van der Waals surface area contributed by atoms with Crippen LogP contribution in [0.5, 0.6) is 0 Å². The SMILES string of the molecule is COC(=O)C(CCCNC(=O)OC1CC(C)(C)N(O)C(C)(C)C1)NC(=O)[C@@H]1CCCN1C(=O)C(/C=C/C(CC(C)C)NC(=O)OC(C)(C)C)Cc1ccccc1. The number of ether oxygens (including phenoxy) is 3. The van der Waals surface area contributed by atoms with Crippen molar-refractivity contribution < 1.29 is 43.4 Å². The first-order valence-corrected chi connectivity index (χ1v) is 20.0. The Bertz CT molecular complexity index is 1490. The number of esters is 1. The van der Waals surface area contributed by atoms with E-state index in [2.05, 4.69) is 29.8 Å². The fourth-order valence-electron chi connectivity index (χ4n) is 7.65. The van der Waals surface area contributed by atoms with Crippen LogP contribution in [-0.2, 0) is 35.0 Å². The van der Waals surface area contributed by atoms with E-state index in [9.17, 15) is 29.2 Å². The molecule has 1 aromatic rings. The summed E-state index contributed by atoms with van der Waals surface area (Å²) in [5.41, 5.74) is -0.868. The summed E-state index contributed by atoms with van der Waals surface area (Å²) in [6.45, 7) is 17.6. The molecule has 0 aliphatic carbocycles. The lowest BCUT2D eigenvalue weighted by molar-refractivity contribution is -0.256. The van der Waals surface area contributed by atoms with Gasteiger partial charge in [0.2, 0.25) is 11.8 Å². The first-order valence-electron chi connectivity index (χ1n) is 20.0. The van der Waals surface area contributed by atoms with Crippen molar-refractivity contribution in [3.8, 4) is 0 Å². The quantitative estimate of drug-likeness (QED) is 0.0683. The molecule has 14 heteroatoms. The predicted molar refractivity (Wildman–Crippen MR) is 213 cm³/mol. The molecule has 2 aliphatic rings. The van der Waals surface area contributed by atoms with E-state index in [4.69, 9.17) is 14.2 Å². The van der Waals surface area contributed by atoms with Crippen molar-refractivity contribution in [3.05, 3.63) is 48.0 Å². The lowest BCUT2D eigenvalue weighted by Gasteiger charge is -2.50. The number of hydrogen-bond donors (Lipinski definition) is 4. The summed E-state index contributed by atoms with van der Waals surface area (Å²) in [6.07, 6.45) is 5.65. The Morgan fingerprint density at radius 3 is 2.20 bits per heavy atom. The van der Waals surface area contributed by atoms with Gasteiger partial charge in [-0.15, -0.1) is 0 Å².